The lowest BCUT2D eigenvalue weighted by Gasteiger charge is -2.18. The molecule has 0 saturated carbocycles. The number of esters is 2. The maximum absolute atomic E-state index is 12.6. The number of methoxy groups -OCH3 is 1. The zero-order valence-corrected chi connectivity index (χ0v) is 15.9. The van der Waals surface area contributed by atoms with Crippen molar-refractivity contribution in [3.8, 4) is 0 Å². The van der Waals surface area contributed by atoms with E-state index in [2.05, 4.69) is 15.4 Å². The molecule has 28 heavy (non-hydrogen) atoms. The molecule has 1 aliphatic rings. The molecule has 8 heteroatoms. The topological polar surface area (TPSA) is 111 Å². The van der Waals surface area contributed by atoms with Gasteiger partial charge in [-0.25, -0.2) is 9.59 Å². The van der Waals surface area contributed by atoms with Crippen LogP contribution in [-0.2, 0) is 19.1 Å². The Hall–Kier alpha value is -3.16. The van der Waals surface area contributed by atoms with E-state index in [1.807, 2.05) is 0 Å². The lowest BCUT2D eigenvalue weighted by molar-refractivity contribution is -0.137. The first-order valence-corrected chi connectivity index (χ1v) is 9.06. The summed E-state index contributed by atoms with van der Waals surface area (Å²) >= 11 is 0. The maximum atomic E-state index is 12.6. The number of amides is 2. The molecule has 0 aliphatic carbocycles. The molecular formula is C20H24N2O6. The molecule has 8 nitrogen and oxygen atoms in total. The molecule has 2 rings (SSSR count). The van der Waals surface area contributed by atoms with Crippen LogP contribution in [-0.4, -0.2) is 50.1 Å². The highest BCUT2D eigenvalue weighted by molar-refractivity contribution is 5.96. The van der Waals surface area contributed by atoms with E-state index in [1.165, 1.54) is 43.5 Å². The van der Waals surface area contributed by atoms with Crippen LogP contribution >= 0.6 is 0 Å². The van der Waals surface area contributed by atoms with E-state index in [1.54, 1.807) is 6.92 Å². The first kappa shape index (κ1) is 21.1. The van der Waals surface area contributed by atoms with Crippen LogP contribution < -0.4 is 10.6 Å². The predicted octanol–water partition coefficient (Wildman–Crippen LogP) is 1.22. The highest BCUT2D eigenvalue weighted by atomic mass is 16.5. The van der Waals surface area contributed by atoms with Crippen LogP contribution in [0, 0.1) is 5.92 Å². The zero-order chi connectivity index (χ0) is 20.5. The Morgan fingerprint density at radius 1 is 1.25 bits per heavy atom. The molecule has 2 amide bonds. The summed E-state index contributed by atoms with van der Waals surface area (Å²) in [6, 6.07) is 5.49. The highest BCUT2D eigenvalue weighted by Crippen LogP contribution is 2.17. The average Bonchev–Trinajstić information content (AvgIpc) is 3.10. The number of benzene rings is 1. The normalized spacial score (nSPS) is 17.1. The van der Waals surface area contributed by atoms with Gasteiger partial charge >= 0.3 is 11.9 Å². The Kier molecular flexibility index (Phi) is 7.74. The predicted molar refractivity (Wildman–Crippen MR) is 101 cm³/mol. The van der Waals surface area contributed by atoms with Crippen molar-refractivity contribution in [2.24, 2.45) is 5.92 Å². The SMILES string of the molecule is CCOC(=O)/C=C/[C@H](C[C@@H]1CCNC1=O)NC(=O)c1ccc(C(=O)OC)cc1. The highest BCUT2D eigenvalue weighted by Gasteiger charge is 2.27. The monoisotopic (exact) mass is 388 g/mol. The fourth-order valence-corrected chi connectivity index (χ4v) is 2.87. The van der Waals surface area contributed by atoms with E-state index in [0.29, 0.717) is 30.5 Å². The summed E-state index contributed by atoms with van der Waals surface area (Å²) in [4.78, 5) is 47.5. The fraction of sp³-hybridized carbons (Fsp3) is 0.400. The van der Waals surface area contributed by atoms with Gasteiger partial charge in [-0.15, -0.1) is 0 Å². The molecule has 0 aromatic heterocycles. The smallest absolute Gasteiger partial charge is 0.337 e. The molecule has 1 saturated heterocycles. The second kappa shape index (κ2) is 10.2. The van der Waals surface area contributed by atoms with E-state index < -0.39 is 18.0 Å². The zero-order valence-electron chi connectivity index (χ0n) is 15.9. The standard InChI is InChI=1S/C20H24N2O6/c1-3-28-17(23)9-8-16(12-15-10-11-21-18(15)24)22-19(25)13-4-6-14(7-5-13)20(26)27-2/h4-9,15-16H,3,10-12H2,1-2H3,(H,21,24)(H,22,25)/b9-8+/t15-,16+/m0/s1. The third kappa shape index (κ3) is 5.94. The molecule has 0 spiro atoms. The second-order valence-electron chi connectivity index (χ2n) is 6.27. The van der Waals surface area contributed by atoms with E-state index in [0.717, 1.165) is 0 Å². The van der Waals surface area contributed by atoms with Crippen molar-refractivity contribution >= 4 is 23.8 Å². The van der Waals surface area contributed by atoms with Gasteiger partial charge in [0.2, 0.25) is 5.91 Å². The van der Waals surface area contributed by atoms with Crippen LogP contribution in [0.3, 0.4) is 0 Å². The Labute approximate surface area is 163 Å². The number of hydrogen-bond donors (Lipinski definition) is 2. The number of ether oxygens (including phenoxy) is 2. The van der Waals surface area contributed by atoms with Gasteiger partial charge in [-0.05, 0) is 44.0 Å². The lowest BCUT2D eigenvalue weighted by Crippen LogP contribution is -2.36. The molecule has 150 valence electrons. The molecular weight excluding hydrogens is 364 g/mol. The Morgan fingerprint density at radius 3 is 2.50 bits per heavy atom. The van der Waals surface area contributed by atoms with Crippen molar-refractivity contribution in [1.82, 2.24) is 10.6 Å². The molecule has 0 bridgehead atoms. The average molecular weight is 388 g/mol. The third-order valence-corrected chi connectivity index (χ3v) is 4.34. The Morgan fingerprint density at radius 2 is 1.93 bits per heavy atom. The molecule has 0 radical (unpaired) electrons. The summed E-state index contributed by atoms with van der Waals surface area (Å²) < 4.78 is 9.49. The van der Waals surface area contributed by atoms with E-state index in [4.69, 9.17) is 4.74 Å². The number of carbonyl (C=O) groups is 4. The minimum atomic E-state index is -0.522. The van der Waals surface area contributed by atoms with Gasteiger partial charge in [-0.3, -0.25) is 9.59 Å². The number of carbonyl (C=O) groups excluding carboxylic acids is 4. The van der Waals surface area contributed by atoms with Crippen LogP contribution in [0.15, 0.2) is 36.4 Å². The van der Waals surface area contributed by atoms with Gasteiger partial charge < -0.3 is 20.1 Å². The van der Waals surface area contributed by atoms with Gasteiger partial charge in [0, 0.05) is 30.1 Å². The van der Waals surface area contributed by atoms with Crippen molar-refractivity contribution in [1.29, 1.82) is 0 Å². The first-order chi connectivity index (χ1) is 13.4. The Balaban J connectivity index is 2.08. The van der Waals surface area contributed by atoms with Crippen LogP contribution in [0.1, 0.15) is 40.5 Å². The molecule has 1 heterocycles. The molecule has 2 N–H and O–H groups in total. The minimum Gasteiger partial charge on any atom is -0.465 e. The molecule has 1 fully saturated rings. The lowest BCUT2D eigenvalue weighted by atomic mass is 9.97. The van der Waals surface area contributed by atoms with Crippen molar-refractivity contribution in [2.75, 3.05) is 20.3 Å². The summed E-state index contributed by atoms with van der Waals surface area (Å²) in [5.41, 5.74) is 0.679. The largest absolute Gasteiger partial charge is 0.465 e. The molecule has 2 atom stereocenters. The van der Waals surface area contributed by atoms with Gasteiger partial charge in [-0.1, -0.05) is 6.08 Å². The van der Waals surface area contributed by atoms with Crippen molar-refractivity contribution < 1.29 is 28.7 Å². The van der Waals surface area contributed by atoms with Gasteiger partial charge in [0.1, 0.15) is 0 Å². The summed E-state index contributed by atoms with van der Waals surface area (Å²) in [5, 5.41) is 5.57. The quantitative estimate of drug-likeness (QED) is 0.512. The first-order valence-electron chi connectivity index (χ1n) is 9.06. The number of rotatable bonds is 8. The minimum absolute atomic E-state index is 0.0637. The third-order valence-electron chi connectivity index (χ3n) is 4.34. The van der Waals surface area contributed by atoms with Crippen LogP contribution in [0.4, 0.5) is 0 Å². The fourth-order valence-electron chi connectivity index (χ4n) is 2.87. The molecule has 1 aromatic rings. The van der Waals surface area contributed by atoms with Crippen molar-refractivity contribution in [3.63, 3.8) is 0 Å². The Bertz CT molecular complexity index is 756. The van der Waals surface area contributed by atoms with E-state index in [9.17, 15) is 19.2 Å². The van der Waals surface area contributed by atoms with Crippen LogP contribution in [0.2, 0.25) is 0 Å². The summed E-state index contributed by atoms with van der Waals surface area (Å²) in [6.45, 7) is 2.55. The number of hydrogen-bond acceptors (Lipinski definition) is 6. The van der Waals surface area contributed by atoms with Gasteiger partial charge in [0.25, 0.3) is 5.91 Å². The van der Waals surface area contributed by atoms with E-state index in [-0.39, 0.29) is 24.3 Å². The molecule has 1 aliphatic heterocycles. The van der Waals surface area contributed by atoms with Crippen LogP contribution in [0.5, 0.6) is 0 Å². The molecule has 0 unspecified atom stereocenters. The van der Waals surface area contributed by atoms with Crippen molar-refractivity contribution in [2.45, 2.75) is 25.8 Å². The van der Waals surface area contributed by atoms with Crippen molar-refractivity contribution in [3.05, 3.63) is 47.5 Å². The van der Waals surface area contributed by atoms with Crippen LogP contribution in [0.25, 0.3) is 0 Å². The maximum Gasteiger partial charge on any atom is 0.337 e. The number of nitrogens with one attached hydrogen (secondary N) is 2. The van der Waals surface area contributed by atoms with E-state index >= 15 is 0 Å². The summed E-state index contributed by atoms with van der Waals surface area (Å²) in [7, 11) is 1.28. The van der Waals surface area contributed by atoms with Gasteiger partial charge in [-0.2, -0.15) is 0 Å². The summed E-state index contributed by atoms with van der Waals surface area (Å²) in [5.74, 6) is -1.69. The molecule has 1 aromatic carbocycles. The second-order valence-corrected chi connectivity index (χ2v) is 6.27. The van der Waals surface area contributed by atoms with Gasteiger partial charge in [0.05, 0.1) is 19.3 Å². The van der Waals surface area contributed by atoms with Gasteiger partial charge in [0.15, 0.2) is 0 Å². The summed E-state index contributed by atoms with van der Waals surface area (Å²) in [6.07, 6.45) is 3.83.